The Bertz CT molecular complexity index is 639. The zero-order valence-electron chi connectivity index (χ0n) is 12.5. The molecule has 4 nitrogen and oxygen atoms in total. The molecule has 0 aliphatic heterocycles. The number of aromatic carboxylic acids is 1. The molecule has 0 saturated carbocycles. The number of aryl methyl sites for hydroxylation is 1. The number of hydrogen-bond donors (Lipinski definition) is 2. The van der Waals surface area contributed by atoms with Crippen LogP contribution in [0.4, 0.5) is 0 Å². The molecule has 1 unspecified atom stereocenters. The fraction of sp³-hybridized carbons (Fsp3) is 0.375. The average Bonchev–Trinajstić information content (AvgIpc) is 2.92. The first-order valence-electron chi connectivity index (χ1n) is 6.94. The van der Waals surface area contributed by atoms with Crippen molar-refractivity contribution in [3.05, 3.63) is 51.5 Å². The summed E-state index contributed by atoms with van der Waals surface area (Å²) in [5, 5.41) is 15.7. The van der Waals surface area contributed by atoms with Crippen LogP contribution in [0.1, 0.15) is 46.9 Å². The van der Waals surface area contributed by atoms with Crippen molar-refractivity contribution in [3.8, 4) is 0 Å². The normalized spacial score (nSPS) is 13.9. The summed E-state index contributed by atoms with van der Waals surface area (Å²) in [6.45, 7) is 6.86. The fourth-order valence-electron chi connectivity index (χ4n) is 2.07. The van der Waals surface area contributed by atoms with Crippen molar-refractivity contribution in [2.24, 2.45) is 0 Å². The Morgan fingerprint density at radius 2 is 2.24 bits per heavy atom. The third-order valence-corrected chi connectivity index (χ3v) is 4.88. The average molecular weight is 304 g/mol. The lowest BCUT2D eigenvalue weighted by molar-refractivity contribution is 0.0696. The van der Waals surface area contributed by atoms with Crippen molar-refractivity contribution in [2.45, 2.75) is 39.3 Å². The standard InChI is InChI=1S/C16H20N2O2S/c1-4-16(3,15-18-11(2)10-21-15)17-9-12-6-5-7-13(8-12)14(19)20/h5-8,10,17H,4,9H2,1-3H3,(H,19,20). The molecule has 1 heterocycles. The van der Waals surface area contributed by atoms with Gasteiger partial charge in [-0.3, -0.25) is 0 Å². The van der Waals surface area contributed by atoms with Gasteiger partial charge in [0.2, 0.25) is 0 Å². The van der Waals surface area contributed by atoms with Gasteiger partial charge in [-0.2, -0.15) is 0 Å². The molecular formula is C16H20N2O2S. The summed E-state index contributed by atoms with van der Waals surface area (Å²) >= 11 is 1.66. The highest BCUT2D eigenvalue weighted by atomic mass is 32.1. The van der Waals surface area contributed by atoms with Gasteiger partial charge in [0.1, 0.15) is 5.01 Å². The number of carboxylic acid groups (broad SMARTS) is 1. The van der Waals surface area contributed by atoms with E-state index in [1.165, 1.54) is 0 Å². The molecule has 0 fully saturated rings. The second kappa shape index (κ2) is 6.37. The topological polar surface area (TPSA) is 62.2 Å². The van der Waals surface area contributed by atoms with E-state index >= 15 is 0 Å². The van der Waals surface area contributed by atoms with Gasteiger partial charge in [0.05, 0.1) is 11.1 Å². The predicted octanol–water partition coefficient (Wildman–Crippen LogP) is 3.56. The van der Waals surface area contributed by atoms with Crippen LogP contribution in [-0.2, 0) is 12.1 Å². The summed E-state index contributed by atoms with van der Waals surface area (Å²) in [7, 11) is 0. The molecule has 0 spiro atoms. The molecular weight excluding hydrogens is 284 g/mol. The number of hydrogen-bond acceptors (Lipinski definition) is 4. The minimum Gasteiger partial charge on any atom is -0.478 e. The van der Waals surface area contributed by atoms with Crippen LogP contribution in [0, 0.1) is 6.92 Å². The van der Waals surface area contributed by atoms with Crippen molar-refractivity contribution in [1.29, 1.82) is 0 Å². The van der Waals surface area contributed by atoms with Crippen LogP contribution in [0.2, 0.25) is 0 Å². The first-order valence-corrected chi connectivity index (χ1v) is 7.82. The Kier molecular flexibility index (Phi) is 4.75. The molecule has 112 valence electrons. The highest BCUT2D eigenvalue weighted by Gasteiger charge is 2.27. The third-order valence-electron chi connectivity index (χ3n) is 3.65. The van der Waals surface area contributed by atoms with Crippen LogP contribution in [0.3, 0.4) is 0 Å². The van der Waals surface area contributed by atoms with Gasteiger partial charge in [-0.05, 0) is 38.0 Å². The minimum atomic E-state index is -0.898. The van der Waals surface area contributed by atoms with Crippen LogP contribution in [0.5, 0.6) is 0 Å². The molecule has 2 rings (SSSR count). The lowest BCUT2D eigenvalue weighted by Gasteiger charge is -2.27. The molecule has 0 aliphatic carbocycles. The molecule has 1 atom stereocenters. The predicted molar refractivity (Wildman–Crippen MR) is 84.7 cm³/mol. The summed E-state index contributed by atoms with van der Waals surface area (Å²) in [6.07, 6.45) is 0.915. The number of nitrogens with zero attached hydrogens (tertiary/aromatic N) is 1. The molecule has 0 saturated heterocycles. The van der Waals surface area contributed by atoms with E-state index in [4.69, 9.17) is 5.11 Å². The van der Waals surface area contributed by atoms with Crippen LogP contribution in [0.25, 0.3) is 0 Å². The van der Waals surface area contributed by atoms with Crippen molar-refractivity contribution >= 4 is 17.3 Å². The van der Waals surface area contributed by atoms with Crippen molar-refractivity contribution in [2.75, 3.05) is 0 Å². The second-order valence-electron chi connectivity index (χ2n) is 5.34. The third kappa shape index (κ3) is 3.68. The van der Waals surface area contributed by atoms with Crippen LogP contribution in [0.15, 0.2) is 29.6 Å². The van der Waals surface area contributed by atoms with Gasteiger partial charge in [-0.25, -0.2) is 9.78 Å². The molecule has 2 N–H and O–H groups in total. The van der Waals surface area contributed by atoms with E-state index in [9.17, 15) is 4.79 Å². The number of benzene rings is 1. The molecule has 0 radical (unpaired) electrons. The van der Waals surface area contributed by atoms with Gasteiger partial charge >= 0.3 is 5.97 Å². The first-order chi connectivity index (χ1) is 9.94. The number of rotatable bonds is 6. The maximum Gasteiger partial charge on any atom is 0.335 e. The maximum atomic E-state index is 11.0. The van der Waals surface area contributed by atoms with E-state index in [0.29, 0.717) is 12.1 Å². The highest BCUT2D eigenvalue weighted by molar-refractivity contribution is 7.09. The molecule has 0 bridgehead atoms. The molecule has 2 aromatic rings. The molecule has 21 heavy (non-hydrogen) atoms. The van der Waals surface area contributed by atoms with Gasteiger partial charge < -0.3 is 10.4 Å². The number of aromatic nitrogens is 1. The highest BCUT2D eigenvalue weighted by Crippen LogP contribution is 2.28. The summed E-state index contributed by atoms with van der Waals surface area (Å²) < 4.78 is 0. The number of carbonyl (C=O) groups is 1. The van der Waals surface area contributed by atoms with E-state index < -0.39 is 5.97 Å². The molecule has 5 heteroatoms. The largest absolute Gasteiger partial charge is 0.478 e. The minimum absolute atomic E-state index is 0.196. The van der Waals surface area contributed by atoms with Crippen molar-refractivity contribution < 1.29 is 9.90 Å². The number of carboxylic acids is 1. The molecule has 1 aromatic heterocycles. The Morgan fingerprint density at radius 1 is 1.48 bits per heavy atom. The molecule has 1 aromatic carbocycles. The van der Waals surface area contributed by atoms with E-state index in [-0.39, 0.29) is 5.54 Å². The fourth-order valence-corrected chi connectivity index (χ4v) is 3.08. The van der Waals surface area contributed by atoms with E-state index in [1.807, 2.05) is 13.0 Å². The summed E-state index contributed by atoms with van der Waals surface area (Å²) in [6, 6.07) is 7.02. The van der Waals surface area contributed by atoms with E-state index in [0.717, 1.165) is 22.7 Å². The van der Waals surface area contributed by atoms with Gasteiger partial charge in [0.15, 0.2) is 0 Å². The van der Waals surface area contributed by atoms with Gasteiger partial charge in [0.25, 0.3) is 0 Å². The molecule has 0 aliphatic rings. The van der Waals surface area contributed by atoms with Crippen LogP contribution < -0.4 is 5.32 Å². The van der Waals surface area contributed by atoms with Crippen LogP contribution >= 0.6 is 11.3 Å². The molecule has 0 amide bonds. The number of thiazole rings is 1. The van der Waals surface area contributed by atoms with E-state index in [2.05, 4.69) is 29.5 Å². The van der Waals surface area contributed by atoms with E-state index in [1.54, 1.807) is 29.5 Å². The SMILES string of the molecule is CCC(C)(NCc1cccc(C(=O)O)c1)c1nc(C)cs1. The summed E-state index contributed by atoms with van der Waals surface area (Å²) in [5.74, 6) is -0.898. The quantitative estimate of drug-likeness (QED) is 0.856. The summed E-state index contributed by atoms with van der Waals surface area (Å²) in [4.78, 5) is 15.6. The smallest absolute Gasteiger partial charge is 0.335 e. The van der Waals surface area contributed by atoms with Gasteiger partial charge in [0, 0.05) is 17.6 Å². The number of nitrogens with one attached hydrogen (secondary N) is 1. The Hall–Kier alpha value is -1.72. The van der Waals surface area contributed by atoms with Gasteiger partial charge in [-0.1, -0.05) is 19.1 Å². The Balaban J connectivity index is 2.13. The zero-order chi connectivity index (χ0) is 15.5. The van der Waals surface area contributed by atoms with Crippen LogP contribution in [-0.4, -0.2) is 16.1 Å². The first kappa shape index (κ1) is 15.7. The lowest BCUT2D eigenvalue weighted by Crippen LogP contribution is -2.38. The Labute approximate surface area is 128 Å². The van der Waals surface area contributed by atoms with Gasteiger partial charge in [-0.15, -0.1) is 11.3 Å². The summed E-state index contributed by atoms with van der Waals surface area (Å²) in [5.41, 5.74) is 2.11. The second-order valence-corrected chi connectivity index (χ2v) is 6.20. The van der Waals surface area contributed by atoms with Crippen molar-refractivity contribution in [3.63, 3.8) is 0 Å². The maximum absolute atomic E-state index is 11.0. The Morgan fingerprint density at radius 3 is 2.81 bits per heavy atom. The zero-order valence-corrected chi connectivity index (χ0v) is 13.3. The lowest BCUT2D eigenvalue weighted by atomic mass is 9.99. The van der Waals surface area contributed by atoms with Crippen molar-refractivity contribution in [1.82, 2.24) is 10.3 Å². The monoisotopic (exact) mass is 304 g/mol.